The standard InChI is InChI=1S/C21H24N8O5S2/c1-28-17(31)8-23-11-2-3-16(27-19(11)28)33-5-4-22-6-13(35)12-9-29(21(32)34-12)14-7-24-20-18(25-14)26-15(30)10-36-20/h2-3,7,12-13,22-23,35H,4-6,8-10H2,1H3,(H,25,26,30)/t12?,13-/m0/s1. The lowest BCUT2D eigenvalue weighted by atomic mass is 10.2. The number of thiol groups is 1. The predicted molar refractivity (Wildman–Crippen MR) is 136 cm³/mol. The van der Waals surface area contributed by atoms with E-state index in [9.17, 15) is 14.4 Å². The van der Waals surface area contributed by atoms with Crippen molar-refractivity contribution in [3.05, 3.63) is 18.3 Å². The van der Waals surface area contributed by atoms with Gasteiger partial charge in [0.15, 0.2) is 17.5 Å². The van der Waals surface area contributed by atoms with Crippen LogP contribution in [0.2, 0.25) is 0 Å². The maximum absolute atomic E-state index is 12.4. The maximum atomic E-state index is 12.4. The number of hydrogen-bond acceptors (Lipinski definition) is 12. The van der Waals surface area contributed by atoms with Crippen LogP contribution in [0.1, 0.15) is 0 Å². The van der Waals surface area contributed by atoms with Crippen molar-refractivity contribution >= 4 is 65.4 Å². The molecule has 190 valence electrons. The Kier molecular flexibility index (Phi) is 7.02. The number of carbonyl (C=O) groups excluding carboxylic acids is 3. The molecule has 3 aliphatic heterocycles. The summed E-state index contributed by atoms with van der Waals surface area (Å²) in [7, 11) is 1.68. The second-order valence-corrected chi connectivity index (χ2v) is 9.83. The number of thioether (sulfide) groups is 1. The summed E-state index contributed by atoms with van der Waals surface area (Å²) in [6.07, 6.45) is 0.496. The Morgan fingerprint density at radius 1 is 1.33 bits per heavy atom. The van der Waals surface area contributed by atoms with E-state index in [0.29, 0.717) is 48.1 Å². The van der Waals surface area contributed by atoms with Crippen molar-refractivity contribution in [1.29, 1.82) is 0 Å². The van der Waals surface area contributed by atoms with Gasteiger partial charge in [-0.2, -0.15) is 17.6 Å². The van der Waals surface area contributed by atoms with Crippen LogP contribution in [0.15, 0.2) is 23.4 Å². The first-order valence-electron chi connectivity index (χ1n) is 11.2. The summed E-state index contributed by atoms with van der Waals surface area (Å²) in [5, 5.41) is 9.27. The van der Waals surface area contributed by atoms with Gasteiger partial charge in [-0.25, -0.2) is 14.8 Å². The number of rotatable bonds is 8. The topological polar surface area (TPSA) is 151 Å². The van der Waals surface area contributed by atoms with Crippen molar-refractivity contribution in [2.75, 3.05) is 66.0 Å². The molecular weight excluding hydrogens is 508 g/mol. The van der Waals surface area contributed by atoms with Crippen LogP contribution in [0, 0.1) is 0 Å². The summed E-state index contributed by atoms with van der Waals surface area (Å²) in [4.78, 5) is 51.8. The number of fused-ring (bicyclic) bond motifs is 2. The van der Waals surface area contributed by atoms with Crippen molar-refractivity contribution in [3.63, 3.8) is 0 Å². The summed E-state index contributed by atoms with van der Waals surface area (Å²) in [6, 6.07) is 3.58. The first-order chi connectivity index (χ1) is 17.4. The highest BCUT2D eigenvalue weighted by Gasteiger charge is 2.37. The average Bonchev–Trinajstić information content (AvgIpc) is 3.27. The molecule has 0 radical (unpaired) electrons. The van der Waals surface area contributed by atoms with E-state index in [4.69, 9.17) is 9.47 Å². The fourth-order valence-corrected chi connectivity index (χ4v) is 4.77. The molecule has 5 heterocycles. The van der Waals surface area contributed by atoms with E-state index in [1.807, 2.05) is 6.07 Å². The van der Waals surface area contributed by atoms with E-state index < -0.39 is 12.2 Å². The highest BCUT2D eigenvalue weighted by Crippen LogP contribution is 2.31. The molecule has 2 aromatic rings. The Bertz CT molecular complexity index is 1200. The molecule has 1 unspecified atom stereocenters. The van der Waals surface area contributed by atoms with Gasteiger partial charge in [0.2, 0.25) is 17.7 Å². The molecule has 1 saturated heterocycles. The second kappa shape index (κ2) is 10.4. The number of ether oxygens (including phenoxy) is 2. The SMILES string of the molecule is CN1C(=O)CNc2ccc(OCCNC[C@H](S)C3CN(c4cnc5c(n4)NC(=O)CS5)C(=O)O3)nc21. The van der Waals surface area contributed by atoms with Gasteiger partial charge in [0, 0.05) is 26.2 Å². The summed E-state index contributed by atoms with van der Waals surface area (Å²) < 4.78 is 11.2. The van der Waals surface area contributed by atoms with Gasteiger partial charge in [0.05, 0.1) is 36.0 Å². The molecule has 1 fully saturated rings. The molecule has 0 bridgehead atoms. The molecule has 5 rings (SSSR count). The van der Waals surface area contributed by atoms with Gasteiger partial charge in [0.1, 0.15) is 17.7 Å². The molecule has 0 spiro atoms. The molecule has 13 nitrogen and oxygen atoms in total. The van der Waals surface area contributed by atoms with Crippen molar-refractivity contribution in [3.8, 4) is 5.88 Å². The van der Waals surface area contributed by atoms with Crippen LogP contribution >= 0.6 is 24.4 Å². The van der Waals surface area contributed by atoms with Crippen molar-refractivity contribution in [2.45, 2.75) is 16.4 Å². The first-order valence-corrected chi connectivity index (χ1v) is 12.7. The molecule has 0 aliphatic carbocycles. The fourth-order valence-electron chi connectivity index (χ4n) is 3.78. The number of pyridine rings is 1. The first kappa shape index (κ1) is 24.4. The Morgan fingerprint density at radius 3 is 3.06 bits per heavy atom. The number of cyclic esters (lactones) is 1. The van der Waals surface area contributed by atoms with E-state index in [0.717, 1.165) is 5.69 Å². The fraction of sp³-hybridized carbons (Fsp3) is 0.429. The minimum atomic E-state index is -0.539. The number of amides is 3. The molecule has 3 aliphatic rings. The number of aromatic nitrogens is 3. The number of carbonyl (C=O) groups is 3. The quantitative estimate of drug-likeness (QED) is 0.279. The summed E-state index contributed by atoms with van der Waals surface area (Å²) in [6.45, 7) is 1.84. The minimum absolute atomic E-state index is 0.0655. The maximum Gasteiger partial charge on any atom is 0.416 e. The van der Waals surface area contributed by atoms with Crippen LogP contribution in [0.4, 0.5) is 27.9 Å². The summed E-state index contributed by atoms with van der Waals surface area (Å²) in [5.74, 6) is 1.67. The van der Waals surface area contributed by atoms with Crippen LogP contribution < -0.4 is 30.5 Å². The Balaban J connectivity index is 1.08. The summed E-state index contributed by atoms with van der Waals surface area (Å²) in [5.41, 5.74) is 0.783. The molecule has 3 amide bonds. The van der Waals surface area contributed by atoms with Crippen LogP contribution in [-0.4, -0.2) is 89.8 Å². The van der Waals surface area contributed by atoms with Crippen LogP contribution in [-0.2, 0) is 14.3 Å². The molecule has 3 N–H and O–H groups in total. The zero-order valence-corrected chi connectivity index (χ0v) is 21.0. The Labute approximate surface area is 216 Å². The van der Waals surface area contributed by atoms with Gasteiger partial charge < -0.3 is 25.4 Å². The normalized spacial score (nSPS) is 19.7. The predicted octanol–water partition coefficient (Wildman–Crippen LogP) is 0.596. The lowest BCUT2D eigenvalue weighted by molar-refractivity contribution is -0.117. The lowest BCUT2D eigenvalue weighted by Crippen LogP contribution is -2.37. The second-order valence-electron chi connectivity index (χ2n) is 8.20. The number of nitrogens with one attached hydrogen (secondary N) is 3. The Morgan fingerprint density at radius 2 is 2.19 bits per heavy atom. The third kappa shape index (κ3) is 5.12. The third-order valence-corrected chi connectivity index (χ3v) is 7.21. The van der Waals surface area contributed by atoms with Crippen molar-refractivity contribution < 1.29 is 23.9 Å². The van der Waals surface area contributed by atoms with E-state index >= 15 is 0 Å². The smallest absolute Gasteiger partial charge is 0.416 e. The van der Waals surface area contributed by atoms with Gasteiger partial charge >= 0.3 is 6.09 Å². The van der Waals surface area contributed by atoms with Gasteiger partial charge in [-0.1, -0.05) is 11.8 Å². The molecular formula is C21H24N8O5S2. The number of likely N-dealkylation sites (N-methyl/N-ethyl adjacent to an activating group) is 1. The molecule has 0 saturated carbocycles. The zero-order chi connectivity index (χ0) is 25.2. The molecule has 0 aromatic carbocycles. The van der Waals surface area contributed by atoms with Gasteiger partial charge in [-0.15, -0.1) is 0 Å². The van der Waals surface area contributed by atoms with Gasteiger partial charge in [-0.3, -0.25) is 19.4 Å². The third-order valence-electron chi connectivity index (χ3n) is 5.72. The zero-order valence-electron chi connectivity index (χ0n) is 19.3. The van der Waals surface area contributed by atoms with E-state index in [1.165, 1.54) is 27.8 Å². The van der Waals surface area contributed by atoms with Crippen LogP contribution in [0.25, 0.3) is 0 Å². The van der Waals surface area contributed by atoms with Gasteiger partial charge in [0.25, 0.3) is 0 Å². The number of nitrogens with zero attached hydrogens (tertiary/aromatic N) is 5. The molecule has 36 heavy (non-hydrogen) atoms. The van der Waals surface area contributed by atoms with Crippen molar-refractivity contribution in [2.24, 2.45) is 0 Å². The minimum Gasteiger partial charge on any atom is -0.476 e. The Hall–Kier alpha value is -3.30. The van der Waals surface area contributed by atoms with E-state index in [-0.39, 0.29) is 35.9 Å². The number of hydrogen-bond donors (Lipinski definition) is 4. The van der Waals surface area contributed by atoms with Crippen LogP contribution in [0.5, 0.6) is 5.88 Å². The van der Waals surface area contributed by atoms with E-state index in [2.05, 4.69) is 43.5 Å². The lowest BCUT2D eigenvalue weighted by Gasteiger charge is -2.25. The monoisotopic (exact) mass is 532 g/mol. The van der Waals surface area contributed by atoms with Crippen molar-refractivity contribution in [1.82, 2.24) is 20.3 Å². The van der Waals surface area contributed by atoms with Crippen LogP contribution in [0.3, 0.4) is 0 Å². The van der Waals surface area contributed by atoms with E-state index in [1.54, 1.807) is 13.1 Å². The molecule has 2 atom stereocenters. The number of anilines is 4. The average molecular weight is 533 g/mol. The largest absolute Gasteiger partial charge is 0.476 e. The molecule has 15 heteroatoms. The molecule has 2 aromatic heterocycles. The summed E-state index contributed by atoms with van der Waals surface area (Å²) >= 11 is 5.89. The highest BCUT2D eigenvalue weighted by molar-refractivity contribution is 8.00. The van der Waals surface area contributed by atoms with Gasteiger partial charge in [-0.05, 0) is 6.07 Å². The highest BCUT2D eigenvalue weighted by atomic mass is 32.2.